The lowest BCUT2D eigenvalue weighted by Gasteiger charge is -2.30. The molecule has 0 saturated heterocycles. The topological polar surface area (TPSA) is 91.1 Å². The highest BCUT2D eigenvalue weighted by Crippen LogP contribution is 2.48. The number of nitrogens with zero attached hydrogens (tertiary/aromatic N) is 1. The molecule has 2 aromatic rings. The fourth-order valence-corrected chi connectivity index (χ4v) is 4.37. The number of nitrogens with one attached hydrogen (secondary N) is 2. The summed E-state index contributed by atoms with van der Waals surface area (Å²) in [4.78, 5) is 12.8. The standard InChI is InChI=1S/C17H19N3O3S/c21-8-13-11-5-6-12(7-11)14(13)18-15(22)9-1-3-10(4-2-9)16-19-20-17(24)23-16/h1-4,11-14,21H,5-8H2,(H,18,22)(H,20,24)/t11-,12-,13+,14+/m0/s1. The zero-order valence-corrected chi connectivity index (χ0v) is 13.9. The van der Waals surface area contributed by atoms with Crippen LogP contribution in [0, 0.1) is 22.6 Å². The maximum absolute atomic E-state index is 12.5. The molecular formula is C17H19N3O3S. The summed E-state index contributed by atoms with van der Waals surface area (Å²) in [7, 11) is 0. The van der Waals surface area contributed by atoms with E-state index in [-0.39, 0.29) is 29.3 Å². The first-order valence-electron chi connectivity index (χ1n) is 8.23. The Labute approximate surface area is 144 Å². The number of aromatic nitrogens is 2. The number of carbonyl (C=O) groups is 1. The number of hydrogen-bond acceptors (Lipinski definition) is 5. The van der Waals surface area contributed by atoms with Gasteiger partial charge in [0.15, 0.2) is 0 Å². The van der Waals surface area contributed by atoms with Crippen molar-refractivity contribution < 1.29 is 14.3 Å². The summed E-state index contributed by atoms with van der Waals surface area (Å²) in [6, 6.07) is 7.16. The van der Waals surface area contributed by atoms with Crippen LogP contribution in [0.5, 0.6) is 0 Å². The van der Waals surface area contributed by atoms with Gasteiger partial charge >= 0.3 is 0 Å². The van der Waals surface area contributed by atoms with Crippen LogP contribution < -0.4 is 5.32 Å². The minimum atomic E-state index is -0.0968. The minimum absolute atomic E-state index is 0.0880. The molecule has 2 saturated carbocycles. The van der Waals surface area contributed by atoms with Gasteiger partial charge in [0.1, 0.15) is 0 Å². The second kappa shape index (κ2) is 6.14. The molecule has 0 aliphatic heterocycles. The molecule has 2 bridgehead atoms. The van der Waals surface area contributed by atoms with E-state index in [1.165, 1.54) is 6.42 Å². The zero-order chi connectivity index (χ0) is 16.7. The Bertz CT molecular complexity index is 798. The molecule has 126 valence electrons. The molecule has 4 rings (SSSR count). The van der Waals surface area contributed by atoms with E-state index < -0.39 is 0 Å². The predicted molar refractivity (Wildman–Crippen MR) is 89.8 cm³/mol. The summed E-state index contributed by atoms with van der Waals surface area (Å²) >= 11 is 4.86. The van der Waals surface area contributed by atoms with Crippen LogP contribution in [0.25, 0.3) is 11.5 Å². The molecule has 7 heteroatoms. The smallest absolute Gasteiger partial charge is 0.284 e. The van der Waals surface area contributed by atoms with E-state index in [0.29, 0.717) is 23.3 Å². The Morgan fingerprint density at radius 2 is 2.08 bits per heavy atom. The summed E-state index contributed by atoms with van der Waals surface area (Å²) in [5.74, 6) is 1.56. The van der Waals surface area contributed by atoms with Crippen molar-refractivity contribution >= 4 is 18.1 Å². The molecule has 0 unspecified atom stereocenters. The van der Waals surface area contributed by atoms with Gasteiger partial charge in [-0.2, -0.15) is 0 Å². The van der Waals surface area contributed by atoms with Crippen molar-refractivity contribution in [3.05, 3.63) is 34.7 Å². The van der Waals surface area contributed by atoms with E-state index in [1.807, 2.05) is 0 Å². The normalized spacial score (nSPS) is 28.2. The number of benzene rings is 1. The van der Waals surface area contributed by atoms with Gasteiger partial charge < -0.3 is 14.8 Å². The molecule has 1 amide bonds. The Kier molecular flexibility index (Phi) is 3.97. The highest BCUT2D eigenvalue weighted by atomic mass is 32.1. The summed E-state index contributed by atoms with van der Waals surface area (Å²) < 4.78 is 5.26. The monoisotopic (exact) mass is 345 g/mol. The summed E-state index contributed by atoms with van der Waals surface area (Å²) in [5, 5.41) is 19.3. The number of H-pyrrole nitrogens is 1. The van der Waals surface area contributed by atoms with Crippen molar-refractivity contribution in [2.24, 2.45) is 17.8 Å². The van der Waals surface area contributed by atoms with Crippen molar-refractivity contribution in [2.75, 3.05) is 6.61 Å². The second-order valence-electron chi connectivity index (χ2n) is 6.67. The third-order valence-electron chi connectivity index (χ3n) is 5.43. The van der Waals surface area contributed by atoms with Crippen molar-refractivity contribution in [3.8, 4) is 11.5 Å². The first-order valence-corrected chi connectivity index (χ1v) is 8.64. The Morgan fingerprint density at radius 3 is 2.75 bits per heavy atom. The number of aliphatic hydroxyl groups is 1. The zero-order valence-electron chi connectivity index (χ0n) is 13.1. The van der Waals surface area contributed by atoms with Crippen LogP contribution >= 0.6 is 12.2 Å². The largest absolute Gasteiger partial charge is 0.409 e. The van der Waals surface area contributed by atoms with Crippen LogP contribution in [0.1, 0.15) is 29.6 Å². The summed E-state index contributed by atoms with van der Waals surface area (Å²) in [6.45, 7) is 0.148. The number of hydrogen-bond donors (Lipinski definition) is 3. The van der Waals surface area contributed by atoms with Gasteiger partial charge in [-0.15, -0.1) is 5.10 Å². The SMILES string of the molecule is O=C(N[C@@H]1[C@H]2CC[C@@H](C2)[C@H]1CO)c1ccc(-c2n[nH]c(=S)o2)cc1. The lowest BCUT2D eigenvalue weighted by Crippen LogP contribution is -2.45. The second-order valence-corrected chi connectivity index (χ2v) is 7.05. The fourth-order valence-electron chi connectivity index (χ4n) is 4.25. The minimum Gasteiger partial charge on any atom is -0.409 e. The predicted octanol–water partition coefficient (Wildman–Crippen LogP) is 2.54. The van der Waals surface area contributed by atoms with Crippen LogP contribution in [-0.2, 0) is 0 Å². The van der Waals surface area contributed by atoms with Crippen LogP contribution in [0.2, 0.25) is 0 Å². The maximum atomic E-state index is 12.5. The number of carbonyl (C=O) groups excluding carboxylic acids is 1. The number of aromatic amines is 1. The maximum Gasteiger partial charge on any atom is 0.284 e. The van der Waals surface area contributed by atoms with Crippen LogP contribution in [-0.4, -0.2) is 33.9 Å². The summed E-state index contributed by atoms with van der Waals surface area (Å²) in [5.41, 5.74) is 1.35. The molecule has 2 fully saturated rings. The lowest BCUT2D eigenvalue weighted by atomic mass is 9.85. The molecule has 6 nitrogen and oxygen atoms in total. The molecular weight excluding hydrogens is 326 g/mol. The van der Waals surface area contributed by atoms with Gasteiger partial charge in [0, 0.05) is 29.7 Å². The van der Waals surface area contributed by atoms with Gasteiger partial charge in [0.2, 0.25) is 5.89 Å². The fraction of sp³-hybridized carbons (Fsp3) is 0.471. The average molecular weight is 345 g/mol. The van der Waals surface area contributed by atoms with Gasteiger partial charge in [-0.25, -0.2) is 5.10 Å². The van der Waals surface area contributed by atoms with Gasteiger partial charge in [-0.1, -0.05) is 0 Å². The lowest BCUT2D eigenvalue weighted by molar-refractivity contribution is 0.0861. The molecule has 1 aromatic carbocycles. The van der Waals surface area contributed by atoms with Crippen LogP contribution in [0.3, 0.4) is 0 Å². The van der Waals surface area contributed by atoms with E-state index in [4.69, 9.17) is 16.6 Å². The van der Waals surface area contributed by atoms with E-state index >= 15 is 0 Å². The van der Waals surface area contributed by atoms with Gasteiger partial charge in [-0.05, 0) is 67.6 Å². The van der Waals surface area contributed by atoms with Crippen LogP contribution in [0.4, 0.5) is 0 Å². The Hall–Kier alpha value is -1.99. The Morgan fingerprint density at radius 1 is 1.33 bits per heavy atom. The molecule has 3 N–H and O–H groups in total. The average Bonchev–Trinajstić information content (AvgIpc) is 3.31. The number of amides is 1. The molecule has 0 radical (unpaired) electrons. The van der Waals surface area contributed by atoms with Crippen molar-refractivity contribution in [2.45, 2.75) is 25.3 Å². The van der Waals surface area contributed by atoms with Gasteiger partial charge in [0.05, 0.1) is 0 Å². The van der Waals surface area contributed by atoms with Crippen molar-refractivity contribution in [1.29, 1.82) is 0 Å². The molecule has 24 heavy (non-hydrogen) atoms. The molecule has 2 aliphatic carbocycles. The van der Waals surface area contributed by atoms with E-state index in [0.717, 1.165) is 18.4 Å². The highest BCUT2D eigenvalue weighted by molar-refractivity contribution is 7.71. The van der Waals surface area contributed by atoms with E-state index in [2.05, 4.69) is 15.5 Å². The Balaban J connectivity index is 1.48. The third kappa shape index (κ3) is 2.67. The molecule has 1 heterocycles. The first-order chi connectivity index (χ1) is 11.7. The molecule has 0 spiro atoms. The first kappa shape index (κ1) is 15.5. The number of rotatable bonds is 4. The molecule has 4 atom stereocenters. The quantitative estimate of drug-likeness (QED) is 0.741. The van der Waals surface area contributed by atoms with Gasteiger partial charge in [-0.3, -0.25) is 4.79 Å². The van der Waals surface area contributed by atoms with Crippen LogP contribution in [0.15, 0.2) is 28.7 Å². The number of aliphatic hydroxyl groups excluding tert-OH is 1. The van der Waals surface area contributed by atoms with Crippen molar-refractivity contribution in [3.63, 3.8) is 0 Å². The van der Waals surface area contributed by atoms with E-state index in [1.54, 1.807) is 24.3 Å². The molecule has 1 aromatic heterocycles. The van der Waals surface area contributed by atoms with Crippen molar-refractivity contribution in [1.82, 2.24) is 15.5 Å². The highest BCUT2D eigenvalue weighted by Gasteiger charge is 2.47. The summed E-state index contributed by atoms with van der Waals surface area (Å²) in [6.07, 6.45) is 3.45. The molecule has 2 aliphatic rings. The third-order valence-corrected chi connectivity index (χ3v) is 5.60. The van der Waals surface area contributed by atoms with Gasteiger partial charge in [0.25, 0.3) is 10.7 Å². The van der Waals surface area contributed by atoms with E-state index in [9.17, 15) is 9.90 Å². The number of fused-ring (bicyclic) bond motifs is 2.